The number of rotatable bonds is 5. The molecule has 0 aromatic carbocycles. The minimum absolute atomic E-state index is 0.516. The zero-order valence-corrected chi connectivity index (χ0v) is 9.38. The molecule has 0 amide bonds. The maximum absolute atomic E-state index is 9.58. The first-order valence-electron chi connectivity index (χ1n) is 5.33. The Morgan fingerprint density at radius 1 is 1.46 bits per heavy atom. The van der Waals surface area contributed by atoms with Crippen molar-refractivity contribution in [3.05, 3.63) is 0 Å². The van der Waals surface area contributed by atoms with E-state index < -0.39 is 5.60 Å². The third kappa shape index (κ3) is 4.10. The molecule has 0 aromatic heterocycles. The van der Waals surface area contributed by atoms with Gasteiger partial charge in [0.1, 0.15) is 0 Å². The van der Waals surface area contributed by atoms with Crippen LogP contribution in [0, 0.1) is 5.92 Å². The average molecular weight is 185 g/mol. The van der Waals surface area contributed by atoms with E-state index in [0.717, 1.165) is 18.9 Å². The quantitative estimate of drug-likeness (QED) is 0.707. The molecule has 2 heteroatoms. The van der Waals surface area contributed by atoms with Crippen molar-refractivity contribution >= 4 is 0 Å². The SMILES string of the molecule is CC(C1CC1)N(C)CCC(C)(C)O. The first-order chi connectivity index (χ1) is 5.90. The third-order valence-corrected chi connectivity index (χ3v) is 3.08. The van der Waals surface area contributed by atoms with E-state index >= 15 is 0 Å². The third-order valence-electron chi connectivity index (χ3n) is 3.08. The Kier molecular flexibility index (Phi) is 3.36. The van der Waals surface area contributed by atoms with E-state index in [1.54, 1.807) is 0 Å². The Morgan fingerprint density at radius 3 is 2.38 bits per heavy atom. The van der Waals surface area contributed by atoms with E-state index in [1.165, 1.54) is 12.8 Å². The molecule has 0 aliphatic heterocycles. The van der Waals surface area contributed by atoms with Gasteiger partial charge in [-0.05, 0) is 53.0 Å². The molecule has 0 aromatic rings. The fourth-order valence-corrected chi connectivity index (χ4v) is 1.59. The van der Waals surface area contributed by atoms with Crippen LogP contribution in [0.15, 0.2) is 0 Å². The van der Waals surface area contributed by atoms with Crippen molar-refractivity contribution in [3.8, 4) is 0 Å². The van der Waals surface area contributed by atoms with Gasteiger partial charge in [-0.2, -0.15) is 0 Å². The van der Waals surface area contributed by atoms with Crippen LogP contribution in [0.4, 0.5) is 0 Å². The summed E-state index contributed by atoms with van der Waals surface area (Å²) >= 11 is 0. The van der Waals surface area contributed by atoms with Gasteiger partial charge >= 0.3 is 0 Å². The highest BCUT2D eigenvalue weighted by atomic mass is 16.3. The molecule has 0 bridgehead atoms. The highest BCUT2D eigenvalue weighted by Crippen LogP contribution is 2.34. The van der Waals surface area contributed by atoms with E-state index in [-0.39, 0.29) is 0 Å². The van der Waals surface area contributed by atoms with Crippen molar-refractivity contribution in [2.45, 2.75) is 51.7 Å². The van der Waals surface area contributed by atoms with Crippen LogP contribution in [0.25, 0.3) is 0 Å². The standard InChI is InChI=1S/C11H23NO/c1-9(10-5-6-10)12(4)8-7-11(2,3)13/h9-10,13H,5-8H2,1-4H3. The van der Waals surface area contributed by atoms with Gasteiger partial charge in [0.05, 0.1) is 5.60 Å². The zero-order valence-electron chi connectivity index (χ0n) is 9.38. The second-order valence-electron chi connectivity index (χ2n) is 5.12. The summed E-state index contributed by atoms with van der Waals surface area (Å²) in [7, 11) is 2.16. The van der Waals surface area contributed by atoms with Crippen molar-refractivity contribution in [2.75, 3.05) is 13.6 Å². The predicted octanol–water partition coefficient (Wildman–Crippen LogP) is 1.88. The van der Waals surface area contributed by atoms with E-state index in [1.807, 2.05) is 13.8 Å². The van der Waals surface area contributed by atoms with Crippen molar-refractivity contribution < 1.29 is 5.11 Å². The van der Waals surface area contributed by atoms with Crippen LogP contribution in [0.5, 0.6) is 0 Å². The molecule has 1 atom stereocenters. The predicted molar refractivity (Wildman–Crippen MR) is 55.7 cm³/mol. The molecule has 1 aliphatic rings. The molecular formula is C11H23NO. The lowest BCUT2D eigenvalue weighted by molar-refractivity contribution is 0.0552. The van der Waals surface area contributed by atoms with E-state index in [0.29, 0.717) is 6.04 Å². The molecule has 1 unspecified atom stereocenters. The molecule has 1 N–H and O–H groups in total. The fourth-order valence-electron chi connectivity index (χ4n) is 1.59. The van der Waals surface area contributed by atoms with Crippen LogP contribution < -0.4 is 0 Å². The topological polar surface area (TPSA) is 23.5 Å². The van der Waals surface area contributed by atoms with E-state index in [4.69, 9.17) is 0 Å². The molecule has 0 radical (unpaired) electrons. The highest BCUT2D eigenvalue weighted by Gasteiger charge is 2.30. The lowest BCUT2D eigenvalue weighted by Gasteiger charge is -2.27. The number of hydrogen-bond acceptors (Lipinski definition) is 2. The summed E-state index contributed by atoms with van der Waals surface area (Å²) in [5.74, 6) is 0.923. The molecule has 0 spiro atoms. The largest absolute Gasteiger partial charge is 0.390 e. The van der Waals surface area contributed by atoms with Gasteiger partial charge in [0, 0.05) is 12.6 Å². The lowest BCUT2D eigenvalue weighted by atomic mass is 10.0. The fraction of sp³-hybridized carbons (Fsp3) is 1.00. The van der Waals surface area contributed by atoms with Crippen LogP contribution in [0.3, 0.4) is 0 Å². The maximum atomic E-state index is 9.58. The molecule has 1 fully saturated rings. The van der Waals surface area contributed by atoms with Gasteiger partial charge in [-0.15, -0.1) is 0 Å². The summed E-state index contributed by atoms with van der Waals surface area (Å²) in [6.07, 6.45) is 3.66. The average Bonchev–Trinajstić information content (AvgIpc) is 2.79. The molecule has 1 rings (SSSR count). The summed E-state index contributed by atoms with van der Waals surface area (Å²) < 4.78 is 0. The summed E-state index contributed by atoms with van der Waals surface area (Å²) in [5, 5.41) is 9.58. The van der Waals surface area contributed by atoms with Crippen LogP contribution in [0.2, 0.25) is 0 Å². The smallest absolute Gasteiger partial charge is 0.0603 e. The summed E-state index contributed by atoms with van der Waals surface area (Å²) in [6, 6.07) is 0.697. The number of nitrogens with zero attached hydrogens (tertiary/aromatic N) is 1. The molecule has 0 heterocycles. The van der Waals surface area contributed by atoms with Gasteiger partial charge in [0.25, 0.3) is 0 Å². The Labute approximate surface area is 81.9 Å². The first kappa shape index (κ1) is 11.0. The first-order valence-corrected chi connectivity index (χ1v) is 5.33. The maximum Gasteiger partial charge on any atom is 0.0603 e. The Bertz CT molecular complexity index is 158. The highest BCUT2D eigenvalue weighted by molar-refractivity contribution is 4.84. The van der Waals surface area contributed by atoms with Gasteiger partial charge in [-0.25, -0.2) is 0 Å². The molecule has 2 nitrogen and oxygen atoms in total. The van der Waals surface area contributed by atoms with Crippen molar-refractivity contribution in [1.29, 1.82) is 0 Å². The van der Waals surface area contributed by atoms with Gasteiger partial charge in [0.15, 0.2) is 0 Å². The summed E-state index contributed by atoms with van der Waals surface area (Å²) in [5.41, 5.74) is -0.516. The van der Waals surface area contributed by atoms with Crippen LogP contribution in [-0.4, -0.2) is 35.2 Å². The molecule has 1 aliphatic carbocycles. The summed E-state index contributed by atoms with van der Waals surface area (Å²) in [6.45, 7) is 7.05. The van der Waals surface area contributed by atoms with Crippen LogP contribution in [0.1, 0.15) is 40.0 Å². The Hall–Kier alpha value is -0.0800. The van der Waals surface area contributed by atoms with Crippen LogP contribution >= 0.6 is 0 Å². The van der Waals surface area contributed by atoms with Crippen molar-refractivity contribution in [1.82, 2.24) is 4.90 Å². The summed E-state index contributed by atoms with van der Waals surface area (Å²) in [4.78, 5) is 2.37. The van der Waals surface area contributed by atoms with Gasteiger partial charge in [-0.1, -0.05) is 0 Å². The van der Waals surface area contributed by atoms with Crippen LogP contribution in [-0.2, 0) is 0 Å². The minimum atomic E-state index is -0.516. The normalized spacial score (nSPS) is 20.8. The molecular weight excluding hydrogens is 162 g/mol. The zero-order chi connectivity index (χ0) is 10.1. The molecule has 0 saturated heterocycles. The number of aliphatic hydroxyl groups is 1. The number of hydrogen-bond donors (Lipinski definition) is 1. The van der Waals surface area contributed by atoms with Gasteiger partial charge in [0.2, 0.25) is 0 Å². The van der Waals surface area contributed by atoms with E-state index in [2.05, 4.69) is 18.9 Å². The molecule has 78 valence electrons. The lowest BCUT2D eigenvalue weighted by Crippen LogP contribution is -2.35. The second-order valence-corrected chi connectivity index (χ2v) is 5.12. The van der Waals surface area contributed by atoms with Crippen molar-refractivity contribution in [3.63, 3.8) is 0 Å². The Morgan fingerprint density at radius 2 is 2.00 bits per heavy atom. The second kappa shape index (κ2) is 3.97. The molecule has 13 heavy (non-hydrogen) atoms. The van der Waals surface area contributed by atoms with Gasteiger partial charge in [-0.3, -0.25) is 0 Å². The monoisotopic (exact) mass is 185 g/mol. The minimum Gasteiger partial charge on any atom is -0.390 e. The molecule has 1 saturated carbocycles. The van der Waals surface area contributed by atoms with Gasteiger partial charge < -0.3 is 10.0 Å². The Balaban J connectivity index is 2.20. The van der Waals surface area contributed by atoms with E-state index in [9.17, 15) is 5.11 Å². The van der Waals surface area contributed by atoms with Crippen molar-refractivity contribution in [2.24, 2.45) is 5.92 Å².